The molecule has 0 saturated carbocycles. The lowest BCUT2D eigenvalue weighted by atomic mass is 9.87. The SMILES string of the molecule is COc1ccc2c(ccc[n+]2Cc2c(C)c(C[n+]3cccc4cc(OC)ccc43)c(C)c(C[n+]3cccc4cc(OC)ccc43)c2C)c1. The Hall–Kier alpha value is -5.49. The van der Waals surface area contributed by atoms with Crippen molar-refractivity contribution in [2.75, 3.05) is 21.3 Å². The van der Waals surface area contributed by atoms with Crippen molar-refractivity contribution in [1.29, 1.82) is 0 Å². The highest BCUT2D eigenvalue weighted by atomic mass is 16.5. The highest BCUT2D eigenvalue weighted by Gasteiger charge is 2.26. The molecular formula is C42H42N3O3+3. The molecule has 0 saturated heterocycles. The van der Waals surface area contributed by atoms with Crippen LogP contribution in [0.2, 0.25) is 0 Å². The zero-order valence-electron chi connectivity index (χ0n) is 28.6. The van der Waals surface area contributed by atoms with Crippen LogP contribution in [0, 0.1) is 20.8 Å². The highest BCUT2D eigenvalue weighted by Crippen LogP contribution is 2.29. The zero-order chi connectivity index (χ0) is 33.4. The van der Waals surface area contributed by atoms with E-state index in [1.165, 1.54) is 49.9 Å². The molecule has 48 heavy (non-hydrogen) atoms. The van der Waals surface area contributed by atoms with Gasteiger partial charge in [0, 0.05) is 53.1 Å². The van der Waals surface area contributed by atoms with Gasteiger partial charge in [0.1, 0.15) is 17.2 Å². The summed E-state index contributed by atoms with van der Waals surface area (Å²) >= 11 is 0. The maximum atomic E-state index is 5.54. The molecule has 0 radical (unpaired) electrons. The van der Waals surface area contributed by atoms with Gasteiger partial charge in [0.25, 0.3) is 0 Å². The molecule has 0 N–H and O–H groups in total. The Morgan fingerprint density at radius 3 is 0.979 bits per heavy atom. The molecule has 0 fully saturated rings. The second kappa shape index (κ2) is 13.0. The van der Waals surface area contributed by atoms with Gasteiger partial charge in [-0.3, -0.25) is 0 Å². The molecule has 0 aliphatic carbocycles. The fourth-order valence-electron chi connectivity index (χ4n) is 7.18. The molecule has 0 aliphatic heterocycles. The summed E-state index contributed by atoms with van der Waals surface area (Å²) in [4.78, 5) is 0. The van der Waals surface area contributed by atoms with E-state index < -0.39 is 0 Å². The predicted molar refractivity (Wildman–Crippen MR) is 190 cm³/mol. The monoisotopic (exact) mass is 636 g/mol. The minimum atomic E-state index is 0.760. The van der Waals surface area contributed by atoms with Gasteiger partial charge in [-0.15, -0.1) is 0 Å². The topological polar surface area (TPSA) is 39.3 Å². The molecule has 0 unspecified atom stereocenters. The van der Waals surface area contributed by atoms with E-state index in [0.29, 0.717) is 0 Å². The van der Waals surface area contributed by atoms with Crippen molar-refractivity contribution in [3.05, 3.63) is 143 Å². The summed E-state index contributed by atoms with van der Waals surface area (Å²) < 4.78 is 23.7. The van der Waals surface area contributed by atoms with Crippen molar-refractivity contribution >= 4 is 32.7 Å². The lowest BCUT2D eigenvalue weighted by Crippen LogP contribution is -2.39. The second-order valence-electron chi connectivity index (χ2n) is 12.5. The summed E-state index contributed by atoms with van der Waals surface area (Å²) in [5.41, 5.74) is 11.6. The van der Waals surface area contributed by atoms with Crippen LogP contribution < -0.4 is 27.9 Å². The summed E-state index contributed by atoms with van der Waals surface area (Å²) in [5, 5.41) is 3.47. The molecule has 6 nitrogen and oxygen atoms in total. The smallest absolute Gasteiger partial charge is 0.213 e. The van der Waals surface area contributed by atoms with Crippen molar-refractivity contribution in [3.63, 3.8) is 0 Å². The van der Waals surface area contributed by atoms with Crippen LogP contribution in [0.4, 0.5) is 0 Å². The van der Waals surface area contributed by atoms with E-state index in [4.69, 9.17) is 14.2 Å². The normalized spacial score (nSPS) is 11.4. The number of rotatable bonds is 9. The molecule has 0 amide bonds. The number of methoxy groups -OCH3 is 3. The zero-order valence-corrected chi connectivity index (χ0v) is 28.6. The van der Waals surface area contributed by atoms with E-state index >= 15 is 0 Å². The summed E-state index contributed by atoms with van der Waals surface area (Å²) in [7, 11) is 5.15. The maximum absolute atomic E-state index is 5.54. The van der Waals surface area contributed by atoms with E-state index in [9.17, 15) is 0 Å². The first-order chi connectivity index (χ1) is 23.4. The third-order valence-corrected chi connectivity index (χ3v) is 9.96. The van der Waals surface area contributed by atoms with E-state index in [0.717, 1.165) is 53.0 Å². The Kier molecular flexibility index (Phi) is 8.40. The van der Waals surface area contributed by atoms with E-state index in [-0.39, 0.29) is 0 Å². The Balaban J connectivity index is 1.40. The van der Waals surface area contributed by atoms with Crippen LogP contribution in [0.3, 0.4) is 0 Å². The third kappa shape index (κ3) is 5.68. The predicted octanol–water partition coefficient (Wildman–Crippen LogP) is 7.10. The van der Waals surface area contributed by atoms with Crippen molar-refractivity contribution in [1.82, 2.24) is 0 Å². The maximum Gasteiger partial charge on any atom is 0.213 e. The fraction of sp³-hybridized carbons (Fsp3) is 0.214. The molecule has 7 aromatic rings. The molecule has 0 atom stereocenters. The van der Waals surface area contributed by atoms with Gasteiger partial charge in [-0.1, -0.05) is 0 Å². The number of aromatic nitrogens is 3. The van der Waals surface area contributed by atoms with Crippen LogP contribution >= 0.6 is 0 Å². The van der Waals surface area contributed by atoms with Gasteiger partial charge in [-0.2, -0.15) is 13.7 Å². The summed E-state index contributed by atoms with van der Waals surface area (Å²) in [6.07, 6.45) is 6.56. The molecule has 3 heterocycles. The number of benzene rings is 4. The average Bonchev–Trinajstić information content (AvgIpc) is 3.12. The summed E-state index contributed by atoms with van der Waals surface area (Å²) in [6.45, 7) is 9.18. The minimum absolute atomic E-state index is 0.760. The van der Waals surface area contributed by atoms with Crippen LogP contribution in [0.25, 0.3) is 32.7 Å². The van der Waals surface area contributed by atoms with Gasteiger partial charge in [0.05, 0.1) is 37.5 Å². The van der Waals surface area contributed by atoms with E-state index in [1.807, 2.05) is 18.2 Å². The number of hydrogen-bond donors (Lipinski definition) is 0. The molecule has 7 rings (SSSR count). The van der Waals surface area contributed by atoms with Gasteiger partial charge in [-0.25, -0.2) is 0 Å². The van der Waals surface area contributed by atoms with Crippen LogP contribution in [0.15, 0.2) is 110 Å². The number of hydrogen-bond acceptors (Lipinski definition) is 3. The van der Waals surface area contributed by atoms with Crippen LogP contribution in [0.1, 0.15) is 33.4 Å². The van der Waals surface area contributed by atoms with Gasteiger partial charge < -0.3 is 14.2 Å². The minimum Gasteiger partial charge on any atom is -0.497 e. The van der Waals surface area contributed by atoms with Gasteiger partial charge in [-0.05, 0) is 92.1 Å². The molecule has 0 spiro atoms. The Morgan fingerprint density at radius 1 is 0.417 bits per heavy atom. The number of nitrogens with zero attached hydrogens (tertiary/aromatic N) is 3. The molecular weight excluding hydrogens is 594 g/mol. The number of pyridine rings is 3. The van der Waals surface area contributed by atoms with Crippen LogP contribution in [-0.4, -0.2) is 21.3 Å². The first-order valence-corrected chi connectivity index (χ1v) is 16.4. The van der Waals surface area contributed by atoms with E-state index in [1.54, 1.807) is 21.3 Å². The fourth-order valence-corrected chi connectivity index (χ4v) is 7.18. The number of fused-ring (bicyclic) bond motifs is 3. The quantitative estimate of drug-likeness (QED) is 0.159. The lowest BCUT2D eigenvalue weighted by molar-refractivity contribution is -0.664. The van der Waals surface area contributed by atoms with Crippen LogP contribution in [-0.2, 0) is 19.6 Å². The van der Waals surface area contributed by atoms with Gasteiger partial charge >= 0.3 is 0 Å². The standard InChI is InChI=1S/C42H42N3O3/c1-28-37(25-43-19-7-10-31-22-34(46-4)13-16-40(31)43)29(2)39(27-45-21-9-12-33-24-36(48-6)15-18-42(33)45)30(3)38(28)26-44-20-8-11-32-23-35(47-5)14-17-41(32)44/h7-24H,25-27H2,1-6H3/q+3. The van der Waals surface area contributed by atoms with Crippen molar-refractivity contribution in [2.45, 2.75) is 40.4 Å². The Morgan fingerprint density at radius 2 is 0.708 bits per heavy atom. The molecule has 0 bridgehead atoms. The van der Waals surface area contributed by atoms with Gasteiger partial charge in [0.2, 0.25) is 16.6 Å². The largest absolute Gasteiger partial charge is 0.497 e. The molecule has 0 aliphatic rings. The average molecular weight is 637 g/mol. The molecule has 240 valence electrons. The third-order valence-electron chi connectivity index (χ3n) is 9.96. The van der Waals surface area contributed by atoms with Crippen LogP contribution in [0.5, 0.6) is 17.2 Å². The Bertz CT molecular complexity index is 2050. The molecule has 3 aromatic heterocycles. The van der Waals surface area contributed by atoms with Crippen molar-refractivity contribution in [2.24, 2.45) is 0 Å². The van der Waals surface area contributed by atoms with Crippen molar-refractivity contribution < 1.29 is 27.9 Å². The first-order valence-electron chi connectivity index (χ1n) is 16.4. The lowest BCUT2D eigenvalue weighted by Gasteiger charge is -2.19. The second-order valence-corrected chi connectivity index (χ2v) is 12.5. The Labute approximate surface area is 282 Å². The highest BCUT2D eigenvalue weighted by molar-refractivity contribution is 5.78. The summed E-state index contributed by atoms with van der Waals surface area (Å²) in [5.74, 6) is 2.59. The molecule has 4 aromatic carbocycles. The van der Waals surface area contributed by atoms with Crippen molar-refractivity contribution in [3.8, 4) is 17.2 Å². The van der Waals surface area contributed by atoms with E-state index in [2.05, 4.69) is 126 Å². The summed E-state index contributed by atoms with van der Waals surface area (Å²) in [6, 6.07) is 31.8. The first kappa shape index (κ1) is 31.1. The molecule has 6 heteroatoms. The van der Waals surface area contributed by atoms with Gasteiger partial charge in [0.15, 0.2) is 38.2 Å². The number of ether oxygens (including phenoxy) is 3.